The number of hydrogen-bond donors (Lipinski definition) is 1. The number of esters is 1. The van der Waals surface area contributed by atoms with Gasteiger partial charge < -0.3 is 14.6 Å². The summed E-state index contributed by atoms with van der Waals surface area (Å²) in [4.78, 5) is 12.2. The Labute approximate surface area is 133 Å². The van der Waals surface area contributed by atoms with Gasteiger partial charge in [0, 0.05) is 0 Å². The van der Waals surface area contributed by atoms with Crippen LogP contribution in [0.25, 0.3) is 0 Å². The molecule has 0 saturated carbocycles. The molecule has 23 heavy (non-hydrogen) atoms. The summed E-state index contributed by atoms with van der Waals surface area (Å²) in [5.74, 6) is 0.269. The molecule has 0 aliphatic heterocycles. The smallest absolute Gasteiger partial charge is 0.347 e. The highest BCUT2D eigenvalue weighted by Gasteiger charge is 2.17. The van der Waals surface area contributed by atoms with Crippen molar-refractivity contribution in [1.29, 1.82) is 0 Å². The lowest BCUT2D eigenvalue weighted by Gasteiger charge is -2.10. The van der Waals surface area contributed by atoms with E-state index in [0.29, 0.717) is 11.5 Å². The second kappa shape index (κ2) is 6.66. The fourth-order valence-corrected chi connectivity index (χ4v) is 2.04. The number of aromatic hydroxyl groups is 1. The van der Waals surface area contributed by atoms with Crippen LogP contribution in [0.2, 0.25) is 0 Å². The molecule has 0 aliphatic carbocycles. The zero-order chi connectivity index (χ0) is 16.1. The minimum atomic E-state index is -0.646. The zero-order valence-electron chi connectivity index (χ0n) is 12.2. The highest BCUT2D eigenvalue weighted by molar-refractivity contribution is 5.94. The molecule has 0 bridgehead atoms. The van der Waals surface area contributed by atoms with E-state index in [1.807, 2.05) is 24.3 Å². The number of carbonyl (C=O) groups is 1. The van der Waals surface area contributed by atoms with Crippen molar-refractivity contribution < 1.29 is 19.4 Å². The number of rotatable bonds is 4. The molecule has 3 rings (SSSR count). The van der Waals surface area contributed by atoms with Gasteiger partial charge in [0.25, 0.3) is 0 Å². The third kappa shape index (κ3) is 3.49. The highest BCUT2D eigenvalue weighted by Crippen LogP contribution is 2.34. The molecule has 0 atom stereocenters. The van der Waals surface area contributed by atoms with Gasteiger partial charge in [-0.05, 0) is 36.4 Å². The summed E-state index contributed by atoms with van der Waals surface area (Å²) < 4.78 is 10.8. The number of carbonyl (C=O) groups excluding carboxylic acids is 1. The lowest BCUT2D eigenvalue weighted by molar-refractivity contribution is 0.0731. The molecular formula is C19H14O4. The highest BCUT2D eigenvalue weighted by atomic mass is 16.5. The quantitative estimate of drug-likeness (QED) is 0.573. The van der Waals surface area contributed by atoms with E-state index in [2.05, 4.69) is 0 Å². The van der Waals surface area contributed by atoms with Gasteiger partial charge in [-0.25, -0.2) is 4.79 Å². The monoisotopic (exact) mass is 306 g/mol. The number of benzene rings is 3. The Morgan fingerprint density at radius 2 is 1.35 bits per heavy atom. The van der Waals surface area contributed by atoms with Gasteiger partial charge in [0.2, 0.25) is 0 Å². The van der Waals surface area contributed by atoms with E-state index >= 15 is 0 Å². The average Bonchev–Trinajstić information content (AvgIpc) is 2.58. The molecule has 0 unspecified atom stereocenters. The molecule has 0 radical (unpaired) electrons. The summed E-state index contributed by atoms with van der Waals surface area (Å²) in [6.07, 6.45) is 0. The standard InChI is InChI=1S/C19H14O4/c20-18-16(19(21)23-15-10-5-2-6-11-15)12-7-13-17(18)22-14-8-3-1-4-9-14/h1-13,20H. The zero-order valence-corrected chi connectivity index (χ0v) is 12.2. The molecule has 4 heteroatoms. The third-order valence-electron chi connectivity index (χ3n) is 3.14. The molecule has 0 aliphatic rings. The number of hydrogen-bond acceptors (Lipinski definition) is 4. The minimum Gasteiger partial charge on any atom is -0.504 e. The summed E-state index contributed by atoms with van der Waals surface area (Å²) in [6, 6.07) is 22.4. The van der Waals surface area contributed by atoms with Gasteiger partial charge in [0.05, 0.1) is 0 Å². The second-order valence-corrected chi connectivity index (χ2v) is 4.77. The van der Waals surface area contributed by atoms with Crippen LogP contribution in [-0.4, -0.2) is 11.1 Å². The lowest BCUT2D eigenvalue weighted by Crippen LogP contribution is -2.08. The van der Waals surface area contributed by atoms with Crippen molar-refractivity contribution in [3.63, 3.8) is 0 Å². The third-order valence-corrected chi connectivity index (χ3v) is 3.14. The van der Waals surface area contributed by atoms with Crippen molar-refractivity contribution in [3.8, 4) is 23.0 Å². The predicted molar refractivity (Wildman–Crippen MR) is 86.0 cm³/mol. The summed E-state index contributed by atoms with van der Waals surface area (Å²) in [5.41, 5.74) is 0.0438. The van der Waals surface area contributed by atoms with E-state index in [9.17, 15) is 9.90 Å². The first-order valence-electron chi connectivity index (χ1n) is 7.06. The molecule has 4 nitrogen and oxygen atoms in total. The Hall–Kier alpha value is -3.27. The van der Waals surface area contributed by atoms with E-state index in [4.69, 9.17) is 9.47 Å². The first kappa shape index (κ1) is 14.7. The number of phenolic OH excluding ortho intramolecular Hbond substituents is 1. The maximum absolute atomic E-state index is 12.2. The molecule has 0 aromatic heterocycles. The molecule has 3 aromatic carbocycles. The van der Waals surface area contributed by atoms with Gasteiger partial charge in [-0.15, -0.1) is 0 Å². The van der Waals surface area contributed by atoms with E-state index in [1.165, 1.54) is 6.07 Å². The molecule has 0 fully saturated rings. The Morgan fingerprint density at radius 3 is 2.00 bits per heavy atom. The fraction of sp³-hybridized carbons (Fsp3) is 0. The molecule has 1 N–H and O–H groups in total. The Kier molecular flexibility index (Phi) is 4.25. The van der Waals surface area contributed by atoms with Crippen molar-refractivity contribution in [2.45, 2.75) is 0 Å². The largest absolute Gasteiger partial charge is 0.504 e. The average molecular weight is 306 g/mol. The van der Waals surface area contributed by atoms with E-state index in [1.54, 1.807) is 48.5 Å². The van der Waals surface area contributed by atoms with E-state index in [0.717, 1.165) is 0 Å². The molecular weight excluding hydrogens is 292 g/mol. The number of para-hydroxylation sites is 3. The van der Waals surface area contributed by atoms with Crippen LogP contribution < -0.4 is 9.47 Å². The fourth-order valence-electron chi connectivity index (χ4n) is 2.04. The van der Waals surface area contributed by atoms with Crippen molar-refractivity contribution in [2.75, 3.05) is 0 Å². The predicted octanol–water partition coefficient (Wildman–Crippen LogP) is 4.40. The van der Waals surface area contributed by atoms with Crippen LogP contribution in [0.4, 0.5) is 0 Å². The molecule has 0 spiro atoms. The van der Waals surface area contributed by atoms with Crippen molar-refractivity contribution >= 4 is 5.97 Å². The van der Waals surface area contributed by atoms with Crippen LogP contribution in [0.5, 0.6) is 23.0 Å². The van der Waals surface area contributed by atoms with Gasteiger partial charge in [0.1, 0.15) is 17.1 Å². The summed E-state index contributed by atoms with van der Waals surface area (Å²) >= 11 is 0. The molecule has 0 amide bonds. The Morgan fingerprint density at radius 1 is 0.739 bits per heavy atom. The lowest BCUT2D eigenvalue weighted by atomic mass is 10.2. The topological polar surface area (TPSA) is 55.8 Å². The van der Waals surface area contributed by atoms with Gasteiger partial charge in [-0.3, -0.25) is 0 Å². The normalized spacial score (nSPS) is 10.1. The SMILES string of the molecule is O=C(Oc1ccccc1)c1cccc(Oc2ccccc2)c1O. The van der Waals surface area contributed by atoms with Crippen LogP contribution in [0.15, 0.2) is 78.9 Å². The first-order valence-corrected chi connectivity index (χ1v) is 7.06. The molecule has 3 aromatic rings. The first-order chi connectivity index (χ1) is 11.2. The van der Waals surface area contributed by atoms with E-state index in [-0.39, 0.29) is 17.1 Å². The summed E-state index contributed by atoms with van der Waals surface area (Å²) in [7, 11) is 0. The van der Waals surface area contributed by atoms with Gasteiger partial charge >= 0.3 is 5.97 Å². The molecule has 0 saturated heterocycles. The molecule has 114 valence electrons. The van der Waals surface area contributed by atoms with Crippen molar-refractivity contribution in [2.24, 2.45) is 0 Å². The van der Waals surface area contributed by atoms with Gasteiger partial charge in [-0.1, -0.05) is 42.5 Å². The maximum atomic E-state index is 12.2. The summed E-state index contributed by atoms with van der Waals surface area (Å²) in [5, 5.41) is 10.3. The van der Waals surface area contributed by atoms with Crippen molar-refractivity contribution in [1.82, 2.24) is 0 Å². The summed E-state index contributed by atoms with van der Waals surface area (Å²) in [6.45, 7) is 0. The van der Waals surface area contributed by atoms with Crippen LogP contribution in [0.3, 0.4) is 0 Å². The van der Waals surface area contributed by atoms with E-state index < -0.39 is 5.97 Å². The number of ether oxygens (including phenoxy) is 2. The second-order valence-electron chi connectivity index (χ2n) is 4.77. The maximum Gasteiger partial charge on any atom is 0.347 e. The minimum absolute atomic E-state index is 0.0438. The van der Waals surface area contributed by atoms with Gasteiger partial charge in [-0.2, -0.15) is 0 Å². The van der Waals surface area contributed by atoms with Crippen LogP contribution in [-0.2, 0) is 0 Å². The van der Waals surface area contributed by atoms with Crippen LogP contribution >= 0.6 is 0 Å². The van der Waals surface area contributed by atoms with Crippen LogP contribution in [0.1, 0.15) is 10.4 Å². The van der Waals surface area contributed by atoms with Crippen molar-refractivity contribution in [3.05, 3.63) is 84.4 Å². The number of phenols is 1. The van der Waals surface area contributed by atoms with Gasteiger partial charge in [0.15, 0.2) is 11.5 Å². The Balaban J connectivity index is 1.83. The van der Waals surface area contributed by atoms with Crippen LogP contribution in [0, 0.1) is 0 Å². The Bertz CT molecular complexity index is 798. The molecule has 0 heterocycles.